The molecular formula is C22H23N3O3S. The lowest BCUT2D eigenvalue weighted by Gasteiger charge is -2.29. The second-order valence-electron chi connectivity index (χ2n) is 6.92. The number of thioether (sulfide) groups is 1. The molecule has 1 aliphatic heterocycles. The van der Waals surface area contributed by atoms with Gasteiger partial charge in [-0.1, -0.05) is 30.0 Å². The summed E-state index contributed by atoms with van der Waals surface area (Å²) in [6.45, 7) is 3.16. The summed E-state index contributed by atoms with van der Waals surface area (Å²) >= 11 is 1.47. The van der Waals surface area contributed by atoms with Crippen LogP contribution in [-0.4, -0.2) is 47.3 Å². The average molecular weight is 410 g/mol. The van der Waals surface area contributed by atoms with E-state index in [1.807, 2.05) is 48.2 Å². The van der Waals surface area contributed by atoms with Crippen LogP contribution in [0.5, 0.6) is 11.5 Å². The number of hydrogen-bond donors (Lipinski definition) is 0. The summed E-state index contributed by atoms with van der Waals surface area (Å²) in [6.07, 6.45) is 0.807. The van der Waals surface area contributed by atoms with Crippen molar-refractivity contribution in [1.82, 2.24) is 14.9 Å². The van der Waals surface area contributed by atoms with Gasteiger partial charge in [0.2, 0.25) is 5.91 Å². The molecule has 150 valence electrons. The molecule has 3 aromatic rings. The van der Waals surface area contributed by atoms with Crippen molar-refractivity contribution in [2.45, 2.75) is 24.9 Å². The van der Waals surface area contributed by atoms with E-state index in [1.54, 1.807) is 14.2 Å². The van der Waals surface area contributed by atoms with Crippen molar-refractivity contribution in [2.24, 2.45) is 0 Å². The van der Waals surface area contributed by atoms with E-state index >= 15 is 0 Å². The molecule has 7 heteroatoms. The molecule has 0 atom stereocenters. The normalized spacial score (nSPS) is 13.3. The van der Waals surface area contributed by atoms with Crippen LogP contribution in [0.15, 0.2) is 41.4 Å². The molecule has 0 bridgehead atoms. The van der Waals surface area contributed by atoms with Crippen molar-refractivity contribution >= 4 is 28.6 Å². The highest BCUT2D eigenvalue weighted by Gasteiger charge is 2.23. The Kier molecular flexibility index (Phi) is 5.58. The Morgan fingerprint density at radius 2 is 1.83 bits per heavy atom. The van der Waals surface area contributed by atoms with Crippen LogP contribution in [0.2, 0.25) is 0 Å². The van der Waals surface area contributed by atoms with E-state index in [9.17, 15) is 4.79 Å². The lowest BCUT2D eigenvalue weighted by atomic mass is 9.99. The van der Waals surface area contributed by atoms with Gasteiger partial charge in [-0.15, -0.1) is 0 Å². The first-order chi connectivity index (χ1) is 14.1. The molecule has 2 aromatic carbocycles. The van der Waals surface area contributed by atoms with E-state index in [0.717, 1.165) is 33.7 Å². The summed E-state index contributed by atoms with van der Waals surface area (Å²) in [7, 11) is 3.26. The van der Waals surface area contributed by atoms with Crippen LogP contribution in [0, 0.1) is 6.92 Å². The molecule has 29 heavy (non-hydrogen) atoms. The number of carbonyl (C=O) groups is 1. The number of aromatic nitrogens is 2. The summed E-state index contributed by atoms with van der Waals surface area (Å²) in [5.74, 6) is 2.59. The molecule has 0 aliphatic carbocycles. The van der Waals surface area contributed by atoms with E-state index in [2.05, 4.69) is 9.97 Å². The molecule has 0 N–H and O–H groups in total. The van der Waals surface area contributed by atoms with E-state index in [4.69, 9.17) is 9.47 Å². The molecule has 1 amide bonds. The maximum atomic E-state index is 12.9. The Hall–Kier alpha value is -2.80. The number of para-hydroxylation sites is 1. The fraction of sp³-hybridized carbons (Fsp3) is 0.318. The highest BCUT2D eigenvalue weighted by Crippen LogP contribution is 2.33. The van der Waals surface area contributed by atoms with E-state index < -0.39 is 0 Å². The molecule has 1 aliphatic rings. The first-order valence-electron chi connectivity index (χ1n) is 9.46. The van der Waals surface area contributed by atoms with Gasteiger partial charge in [0.15, 0.2) is 11.5 Å². The molecule has 2 heterocycles. The van der Waals surface area contributed by atoms with Crippen LogP contribution in [0.4, 0.5) is 0 Å². The van der Waals surface area contributed by atoms with Gasteiger partial charge in [-0.2, -0.15) is 0 Å². The third-order valence-electron chi connectivity index (χ3n) is 5.08. The number of aryl methyl sites for hydroxylation is 1. The van der Waals surface area contributed by atoms with Crippen molar-refractivity contribution in [3.63, 3.8) is 0 Å². The molecule has 1 aromatic heterocycles. The molecule has 0 spiro atoms. The Balaban J connectivity index is 1.48. The van der Waals surface area contributed by atoms with Gasteiger partial charge in [0.25, 0.3) is 0 Å². The largest absolute Gasteiger partial charge is 0.493 e. The highest BCUT2D eigenvalue weighted by atomic mass is 32.2. The van der Waals surface area contributed by atoms with Crippen LogP contribution in [0.1, 0.15) is 17.0 Å². The van der Waals surface area contributed by atoms with Gasteiger partial charge in [0.05, 0.1) is 25.5 Å². The predicted octanol–water partition coefficient (Wildman–Crippen LogP) is 3.63. The SMILES string of the molecule is COc1cc2c(cc1OC)CN(C(=O)CSc1nc(C)nc3ccccc13)CC2. The zero-order valence-electron chi connectivity index (χ0n) is 16.8. The van der Waals surface area contributed by atoms with Crippen molar-refractivity contribution in [3.8, 4) is 11.5 Å². The van der Waals surface area contributed by atoms with Crippen molar-refractivity contribution < 1.29 is 14.3 Å². The first kappa shape index (κ1) is 19.5. The fourth-order valence-electron chi connectivity index (χ4n) is 3.59. The minimum Gasteiger partial charge on any atom is -0.493 e. The number of benzene rings is 2. The van der Waals surface area contributed by atoms with Crippen LogP contribution in [-0.2, 0) is 17.8 Å². The number of carbonyl (C=O) groups excluding carboxylic acids is 1. The number of ether oxygens (including phenoxy) is 2. The van der Waals surface area contributed by atoms with Crippen LogP contribution in [0.25, 0.3) is 10.9 Å². The van der Waals surface area contributed by atoms with Crippen molar-refractivity contribution in [2.75, 3.05) is 26.5 Å². The quantitative estimate of drug-likeness (QED) is 0.474. The van der Waals surface area contributed by atoms with Crippen molar-refractivity contribution in [3.05, 3.63) is 53.3 Å². The molecule has 0 unspecified atom stereocenters. The molecule has 0 fully saturated rings. The smallest absolute Gasteiger partial charge is 0.233 e. The number of amides is 1. The third-order valence-corrected chi connectivity index (χ3v) is 6.06. The molecular weight excluding hydrogens is 386 g/mol. The summed E-state index contributed by atoms with van der Waals surface area (Å²) in [5.41, 5.74) is 3.22. The lowest BCUT2D eigenvalue weighted by molar-refractivity contribution is -0.129. The van der Waals surface area contributed by atoms with E-state index in [1.165, 1.54) is 17.3 Å². The maximum Gasteiger partial charge on any atom is 0.233 e. The van der Waals surface area contributed by atoms with Gasteiger partial charge >= 0.3 is 0 Å². The molecule has 4 rings (SSSR count). The Labute approximate surface area is 174 Å². The number of methoxy groups -OCH3 is 2. The van der Waals surface area contributed by atoms with E-state index in [0.29, 0.717) is 30.4 Å². The third kappa shape index (κ3) is 4.00. The van der Waals surface area contributed by atoms with Crippen molar-refractivity contribution in [1.29, 1.82) is 0 Å². The number of fused-ring (bicyclic) bond motifs is 2. The lowest BCUT2D eigenvalue weighted by Crippen LogP contribution is -2.37. The van der Waals surface area contributed by atoms with Gasteiger partial charge < -0.3 is 14.4 Å². The predicted molar refractivity (Wildman–Crippen MR) is 114 cm³/mol. The topological polar surface area (TPSA) is 64.6 Å². The Morgan fingerprint density at radius 1 is 1.10 bits per heavy atom. The van der Waals surface area contributed by atoms with Gasteiger partial charge in [0.1, 0.15) is 10.9 Å². The highest BCUT2D eigenvalue weighted by molar-refractivity contribution is 8.00. The van der Waals surface area contributed by atoms with Crippen LogP contribution < -0.4 is 9.47 Å². The molecule has 0 saturated heterocycles. The standard InChI is InChI=1S/C22H23N3O3S/c1-14-23-18-7-5-4-6-17(18)22(24-14)29-13-21(26)25-9-8-15-10-19(27-2)20(28-3)11-16(15)12-25/h4-7,10-11H,8-9,12-13H2,1-3H3. The van der Waals surface area contributed by atoms with Crippen LogP contribution in [0.3, 0.4) is 0 Å². The summed E-state index contributed by atoms with van der Waals surface area (Å²) in [5, 5.41) is 1.84. The molecule has 6 nitrogen and oxygen atoms in total. The Morgan fingerprint density at radius 3 is 2.59 bits per heavy atom. The van der Waals surface area contributed by atoms with Gasteiger partial charge in [-0.05, 0) is 42.7 Å². The second kappa shape index (κ2) is 8.29. The monoisotopic (exact) mass is 409 g/mol. The van der Waals surface area contributed by atoms with Gasteiger partial charge in [-0.25, -0.2) is 9.97 Å². The number of nitrogens with zero attached hydrogens (tertiary/aromatic N) is 3. The fourth-order valence-corrected chi connectivity index (χ4v) is 4.55. The minimum atomic E-state index is 0.107. The first-order valence-corrected chi connectivity index (χ1v) is 10.5. The maximum absolute atomic E-state index is 12.9. The zero-order valence-corrected chi connectivity index (χ0v) is 17.6. The number of hydrogen-bond acceptors (Lipinski definition) is 6. The minimum absolute atomic E-state index is 0.107. The summed E-state index contributed by atoms with van der Waals surface area (Å²) in [4.78, 5) is 23.8. The Bertz CT molecular complexity index is 1070. The van der Waals surface area contributed by atoms with E-state index in [-0.39, 0.29) is 5.91 Å². The zero-order chi connectivity index (χ0) is 20.4. The van der Waals surface area contributed by atoms with Gasteiger partial charge in [0, 0.05) is 18.5 Å². The summed E-state index contributed by atoms with van der Waals surface area (Å²) < 4.78 is 10.8. The second-order valence-corrected chi connectivity index (χ2v) is 7.89. The van der Waals surface area contributed by atoms with Crippen LogP contribution >= 0.6 is 11.8 Å². The van der Waals surface area contributed by atoms with Gasteiger partial charge in [-0.3, -0.25) is 4.79 Å². The molecule has 0 saturated carbocycles. The average Bonchev–Trinajstić information content (AvgIpc) is 2.75. The molecule has 0 radical (unpaired) electrons. The summed E-state index contributed by atoms with van der Waals surface area (Å²) in [6, 6.07) is 11.9. The number of rotatable bonds is 5.